The Kier molecular flexibility index (Phi) is 6.07. The zero-order chi connectivity index (χ0) is 18.4. The number of amides is 1. The molecule has 138 valence electrons. The molecule has 26 heavy (non-hydrogen) atoms. The van der Waals surface area contributed by atoms with E-state index in [-0.39, 0.29) is 12.0 Å². The van der Waals surface area contributed by atoms with Gasteiger partial charge in [-0.2, -0.15) is 0 Å². The Hall–Kier alpha value is -2.17. The maximum absolute atomic E-state index is 12.9. The van der Waals surface area contributed by atoms with E-state index < -0.39 is 5.54 Å². The van der Waals surface area contributed by atoms with Crippen molar-refractivity contribution in [2.24, 2.45) is 5.73 Å². The first-order chi connectivity index (χ1) is 12.6. The summed E-state index contributed by atoms with van der Waals surface area (Å²) in [5.74, 6) is -0.00793. The van der Waals surface area contributed by atoms with Crippen LogP contribution < -0.4 is 5.73 Å². The van der Waals surface area contributed by atoms with E-state index in [2.05, 4.69) is 24.3 Å². The predicted octanol–water partition coefficient (Wildman–Crippen LogP) is 3.11. The molecule has 0 aliphatic carbocycles. The molecule has 1 saturated heterocycles. The monoisotopic (exact) mass is 352 g/mol. The Morgan fingerprint density at radius 3 is 2.27 bits per heavy atom. The Bertz CT molecular complexity index is 693. The SMILES string of the molecule is CC(N)(C(=O)N1CCC(OCCc2ccccc2)CC1)c1ccccc1. The predicted molar refractivity (Wildman–Crippen MR) is 104 cm³/mol. The summed E-state index contributed by atoms with van der Waals surface area (Å²) in [6.45, 7) is 3.93. The first-order valence-electron chi connectivity index (χ1n) is 9.36. The molecule has 1 aliphatic heterocycles. The highest BCUT2D eigenvalue weighted by Crippen LogP contribution is 2.23. The van der Waals surface area contributed by atoms with E-state index in [0.717, 1.165) is 31.4 Å². The summed E-state index contributed by atoms with van der Waals surface area (Å²) >= 11 is 0. The molecule has 2 aromatic carbocycles. The summed E-state index contributed by atoms with van der Waals surface area (Å²) in [6.07, 6.45) is 2.88. The first-order valence-corrected chi connectivity index (χ1v) is 9.36. The standard InChI is InChI=1S/C22H28N2O2/c1-22(23,19-10-6-3-7-11-19)21(25)24-15-12-20(13-16-24)26-17-14-18-8-4-2-5-9-18/h2-11,20H,12-17,23H2,1H3. The van der Waals surface area contributed by atoms with E-state index in [1.807, 2.05) is 41.3 Å². The van der Waals surface area contributed by atoms with Crippen molar-refractivity contribution >= 4 is 5.91 Å². The van der Waals surface area contributed by atoms with Crippen LogP contribution in [0.4, 0.5) is 0 Å². The normalized spacial score (nSPS) is 17.7. The summed E-state index contributed by atoms with van der Waals surface area (Å²) in [6, 6.07) is 20.0. The van der Waals surface area contributed by atoms with Gasteiger partial charge in [0.2, 0.25) is 5.91 Å². The summed E-state index contributed by atoms with van der Waals surface area (Å²) in [5.41, 5.74) is 7.53. The first kappa shape index (κ1) is 18.6. The van der Waals surface area contributed by atoms with Crippen LogP contribution in [0, 0.1) is 0 Å². The number of rotatable bonds is 6. The molecule has 1 unspecified atom stereocenters. The van der Waals surface area contributed by atoms with Gasteiger partial charge in [-0.25, -0.2) is 0 Å². The van der Waals surface area contributed by atoms with Gasteiger partial charge in [0.25, 0.3) is 0 Å². The van der Waals surface area contributed by atoms with E-state index in [1.165, 1.54) is 5.56 Å². The van der Waals surface area contributed by atoms with E-state index in [0.29, 0.717) is 13.1 Å². The number of piperidine rings is 1. The topological polar surface area (TPSA) is 55.6 Å². The number of hydrogen-bond acceptors (Lipinski definition) is 3. The smallest absolute Gasteiger partial charge is 0.246 e. The molecule has 2 aromatic rings. The number of nitrogens with two attached hydrogens (primary N) is 1. The van der Waals surface area contributed by atoms with Crippen molar-refractivity contribution in [1.82, 2.24) is 4.90 Å². The van der Waals surface area contributed by atoms with Crippen LogP contribution in [0.15, 0.2) is 60.7 Å². The fourth-order valence-corrected chi connectivity index (χ4v) is 3.45. The highest BCUT2D eigenvalue weighted by Gasteiger charge is 2.36. The average molecular weight is 352 g/mol. The second kappa shape index (κ2) is 8.47. The number of hydrogen-bond donors (Lipinski definition) is 1. The molecule has 0 radical (unpaired) electrons. The summed E-state index contributed by atoms with van der Waals surface area (Å²) in [4.78, 5) is 14.8. The molecular weight excluding hydrogens is 324 g/mol. The van der Waals surface area contributed by atoms with Gasteiger partial charge in [0.05, 0.1) is 12.7 Å². The van der Waals surface area contributed by atoms with Crippen LogP contribution in [0.2, 0.25) is 0 Å². The third kappa shape index (κ3) is 4.51. The lowest BCUT2D eigenvalue weighted by molar-refractivity contribution is -0.139. The largest absolute Gasteiger partial charge is 0.378 e. The van der Waals surface area contributed by atoms with E-state index >= 15 is 0 Å². The van der Waals surface area contributed by atoms with Crippen LogP contribution in [0.1, 0.15) is 30.9 Å². The van der Waals surface area contributed by atoms with Gasteiger partial charge in [-0.3, -0.25) is 4.79 Å². The van der Waals surface area contributed by atoms with E-state index in [4.69, 9.17) is 10.5 Å². The fourth-order valence-electron chi connectivity index (χ4n) is 3.45. The Labute approximate surface area is 156 Å². The molecule has 0 aromatic heterocycles. The molecule has 4 nitrogen and oxygen atoms in total. The number of carbonyl (C=O) groups is 1. The minimum atomic E-state index is -0.984. The van der Waals surface area contributed by atoms with Gasteiger partial charge in [-0.1, -0.05) is 60.7 Å². The summed E-state index contributed by atoms with van der Waals surface area (Å²) in [5, 5.41) is 0. The Morgan fingerprint density at radius 2 is 1.65 bits per heavy atom. The molecule has 1 aliphatic rings. The Morgan fingerprint density at radius 1 is 1.08 bits per heavy atom. The number of carbonyl (C=O) groups excluding carboxylic acids is 1. The van der Waals surface area contributed by atoms with Crippen LogP contribution in [-0.2, 0) is 21.5 Å². The molecule has 1 atom stereocenters. The fraction of sp³-hybridized carbons (Fsp3) is 0.409. The number of nitrogens with zero attached hydrogens (tertiary/aromatic N) is 1. The molecule has 0 saturated carbocycles. The van der Waals surface area contributed by atoms with Crippen LogP contribution >= 0.6 is 0 Å². The zero-order valence-electron chi connectivity index (χ0n) is 15.4. The minimum absolute atomic E-state index is 0.00793. The van der Waals surface area contributed by atoms with Crippen molar-refractivity contribution in [3.8, 4) is 0 Å². The van der Waals surface area contributed by atoms with Gasteiger partial charge in [0.1, 0.15) is 5.54 Å². The highest BCUT2D eigenvalue weighted by atomic mass is 16.5. The summed E-state index contributed by atoms with van der Waals surface area (Å²) in [7, 11) is 0. The molecule has 2 N–H and O–H groups in total. The third-order valence-corrected chi connectivity index (χ3v) is 5.13. The van der Waals surface area contributed by atoms with Gasteiger partial charge in [-0.15, -0.1) is 0 Å². The highest BCUT2D eigenvalue weighted by molar-refractivity contribution is 5.87. The van der Waals surface area contributed by atoms with Crippen molar-refractivity contribution in [3.05, 3.63) is 71.8 Å². The molecular formula is C22H28N2O2. The molecule has 1 fully saturated rings. The molecule has 1 heterocycles. The van der Waals surface area contributed by atoms with Crippen LogP contribution in [0.5, 0.6) is 0 Å². The Balaban J connectivity index is 1.46. The van der Waals surface area contributed by atoms with Crippen molar-refractivity contribution in [3.63, 3.8) is 0 Å². The zero-order valence-corrected chi connectivity index (χ0v) is 15.4. The van der Waals surface area contributed by atoms with Gasteiger partial charge in [-0.05, 0) is 37.3 Å². The molecule has 4 heteroatoms. The molecule has 1 amide bonds. The molecule has 3 rings (SSSR count). The summed E-state index contributed by atoms with van der Waals surface area (Å²) < 4.78 is 6.02. The van der Waals surface area contributed by atoms with Gasteiger partial charge in [0.15, 0.2) is 0 Å². The quantitative estimate of drug-likeness (QED) is 0.869. The third-order valence-electron chi connectivity index (χ3n) is 5.13. The lowest BCUT2D eigenvalue weighted by Gasteiger charge is -2.37. The molecule has 0 spiro atoms. The number of benzene rings is 2. The van der Waals surface area contributed by atoms with Crippen LogP contribution in [0.25, 0.3) is 0 Å². The van der Waals surface area contributed by atoms with E-state index in [1.54, 1.807) is 6.92 Å². The average Bonchev–Trinajstić information content (AvgIpc) is 2.69. The van der Waals surface area contributed by atoms with Crippen LogP contribution in [0.3, 0.4) is 0 Å². The molecule has 0 bridgehead atoms. The lowest BCUT2D eigenvalue weighted by Crippen LogP contribution is -2.53. The van der Waals surface area contributed by atoms with Crippen molar-refractivity contribution in [2.75, 3.05) is 19.7 Å². The number of ether oxygens (including phenoxy) is 1. The second-order valence-electron chi connectivity index (χ2n) is 7.17. The number of likely N-dealkylation sites (tertiary alicyclic amines) is 1. The van der Waals surface area contributed by atoms with Gasteiger partial charge < -0.3 is 15.4 Å². The van der Waals surface area contributed by atoms with Gasteiger partial charge in [0, 0.05) is 13.1 Å². The van der Waals surface area contributed by atoms with Crippen LogP contribution in [-0.4, -0.2) is 36.6 Å². The second-order valence-corrected chi connectivity index (χ2v) is 7.17. The maximum Gasteiger partial charge on any atom is 0.246 e. The maximum atomic E-state index is 12.9. The van der Waals surface area contributed by atoms with Crippen molar-refractivity contribution in [1.29, 1.82) is 0 Å². The van der Waals surface area contributed by atoms with Crippen molar-refractivity contribution in [2.45, 2.75) is 37.8 Å². The minimum Gasteiger partial charge on any atom is -0.378 e. The van der Waals surface area contributed by atoms with E-state index in [9.17, 15) is 4.79 Å². The van der Waals surface area contributed by atoms with Crippen molar-refractivity contribution < 1.29 is 9.53 Å². The van der Waals surface area contributed by atoms with Gasteiger partial charge >= 0.3 is 0 Å². The lowest BCUT2D eigenvalue weighted by atomic mass is 9.90.